The van der Waals surface area contributed by atoms with Crippen LogP contribution in [-0.2, 0) is 4.79 Å². The van der Waals surface area contributed by atoms with Crippen molar-refractivity contribution >= 4 is 12.0 Å². The Bertz CT molecular complexity index is 441. The first-order chi connectivity index (χ1) is 9.16. The first kappa shape index (κ1) is 13.9. The van der Waals surface area contributed by atoms with Crippen LogP contribution in [0.3, 0.4) is 0 Å². The number of hydrogen-bond acceptors (Lipinski definition) is 2. The van der Waals surface area contributed by atoms with Gasteiger partial charge in [-0.05, 0) is 30.5 Å². The molecule has 4 heteroatoms. The van der Waals surface area contributed by atoms with Crippen molar-refractivity contribution < 1.29 is 10.0 Å². The second kappa shape index (κ2) is 6.57. The molecule has 4 nitrogen and oxygen atoms in total. The monoisotopic (exact) mass is 262 g/mol. The average molecular weight is 262 g/mol. The third kappa shape index (κ3) is 3.96. The molecule has 1 N–H and O–H groups in total. The Morgan fingerprint density at radius 3 is 2.68 bits per heavy atom. The Labute approximate surface area is 114 Å². The van der Waals surface area contributed by atoms with Gasteiger partial charge in [0, 0.05) is 31.6 Å². The number of carbonyl (C=O) groups is 1. The minimum absolute atomic E-state index is 0.415. The van der Waals surface area contributed by atoms with E-state index in [1.165, 1.54) is 51.6 Å². The summed E-state index contributed by atoms with van der Waals surface area (Å²) in [6, 6.07) is 2.60. The van der Waals surface area contributed by atoms with E-state index in [1.807, 2.05) is 6.07 Å². The van der Waals surface area contributed by atoms with Crippen LogP contribution in [0.1, 0.15) is 50.1 Å². The summed E-state index contributed by atoms with van der Waals surface area (Å²) in [6.07, 6.45) is 15.1. The van der Waals surface area contributed by atoms with Gasteiger partial charge in [0.2, 0.25) is 0 Å². The van der Waals surface area contributed by atoms with Gasteiger partial charge in [-0.25, -0.2) is 5.06 Å². The van der Waals surface area contributed by atoms with Gasteiger partial charge in [0.25, 0.3) is 5.91 Å². The van der Waals surface area contributed by atoms with Crippen LogP contribution in [0.15, 0.2) is 24.5 Å². The van der Waals surface area contributed by atoms with Crippen LogP contribution in [0.5, 0.6) is 0 Å². The van der Waals surface area contributed by atoms with Crippen LogP contribution in [0, 0.1) is 0 Å². The highest BCUT2D eigenvalue weighted by atomic mass is 16.5. The van der Waals surface area contributed by atoms with E-state index < -0.39 is 5.91 Å². The van der Waals surface area contributed by atoms with E-state index in [0.717, 1.165) is 5.56 Å². The predicted molar refractivity (Wildman–Crippen MR) is 74.8 cm³/mol. The van der Waals surface area contributed by atoms with Gasteiger partial charge >= 0.3 is 0 Å². The first-order valence-electron chi connectivity index (χ1n) is 6.99. The largest absolute Gasteiger partial charge is 0.351 e. The van der Waals surface area contributed by atoms with Crippen LogP contribution >= 0.6 is 0 Å². The molecule has 1 aromatic heterocycles. The Hall–Kier alpha value is -1.55. The molecule has 0 saturated heterocycles. The number of rotatable bonds is 3. The van der Waals surface area contributed by atoms with E-state index in [4.69, 9.17) is 5.21 Å². The van der Waals surface area contributed by atoms with Gasteiger partial charge < -0.3 is 4.57 Å². The molecule has 1 amide bonds. The highest BCUT2D eigenvalue weighted by Gasteiger charge is 2.13. The van der Waals surface area contributed by atoms with Crippen molar-refractivity contribution in [2.45, 2.75) is 44.6 Å². The summed E-state index contributed by atoms with van der Waals surface area (Å²) >= 11 is 0. The Morgan fingerprint density at radius 1 is 1.37 bits per heavy atom. The maximum absolute atomic E-state index is 11.3. The third-order valence-corrected chi connectivity index (χ3v) is 3.72. The molecule has 1 aromatic rings. The molecule has 1 heterocycles. The molecule has 0 radical (unpaired) electrons. The van der Waals surface area contributed by atoms with Gasteiger partial charge in [0.15, 0.2) is 0 Å². The molecule has 0 atom stereocenters. The van der Waals surface area contributed by atoms with Crippen molar-refractivity contribution in [1.29, 1.82) is 0 Å². The second-order valence-electron chi connectivity index (χ2n) is 5.23. The molecular weight excluding hydrogens is 240 g/mol. The van der Waals surface area contributed by atoms with Crippen molar-refractivity contribution in [3.63, 3.8) is 0 Å². The molecule has 19 heavy (non-hydrogen) atoms. The lowest BCUT2D eigenvalue weighted by Crippen LogP contribution is -2.19. The number of carbonyl (C=O) groups excluding carboxylic acids is 1. The lowest BCUT2D eigenvalue weighted by atomic mass is 10.1. The molecule has 0 aliphatic heterocycles. The first-order valence-corrected chi connectivity index (χ1v) is 6.99. The van der Waals surface area contributed by atoms with E-state index in [2.05, 4.69) is 17.0 Å². The Kier molecular flexibility index (Phi) is 4.80. The molecular formula is C15H22N2O2. The summed E-state index contributed by atoms with van der Waals surface area (Å²) in [5, 5.41) is 9.55. The van der Waals surface area contributed by atoms with Crippen LogP contribution in [0.2, 0.25) is 0 Å². The zero-order valence-corrected chi connectivity index (χ0v) is 11.5. The number of hydrogen-bond donors (Lipinski definition) is 1. The SMILES string of the molecule is CN(O)C(=O)/C=C/c1ccn(C2CCCCCC2)c1. The van der Waals surface area contributed by atoms with Crippen molar-refractivity contribution in [2.24, 2.45) is 0 Å². The summed E-state index contributed by atoms with van der Waals surface area (Å²) in [5.41, 5.74) is 0.999. The smallest absolute Gasteiger partial charge is 0.269 e. The number of amides is 1. The van der Waals surface area contributed by atoms with Crippen LogP contribution in [-0.4, -0.2) is 27.8 Å². The fourth-order valence-corrected chi connectivity index (χ4v) is 2.59. The van der Waals surface area contributed by atoms with E-state index in [0.29, 0.717) is 11.1 Å². The van der Waals surface area contributed by atoms with Gasteiger partial charge in [-0.1, -0.05) is 25.7 Å². The van der Waals surface area contributed by atoms with Gasteiger partial charge in [-0.3, -0.25) is 10.0 Å². The maximum Gasteiger partial charge on any atom is 0.269 e. The highest BCUT2D eigenvalue weighted by Crippen LogP contribution is 2.27. The van der Waals surface area contributed by atoms with Crippen LogP contribution in [0.4, 0.5) is 0 Å². The molecule has 104 valence electrons. The topological polar surface area (TPSA) is 45.5 Å². The van der Waals surface area contributed by atoms with Gasteiger partial charge in [-0.15, -0.1) is 0 Å². The lowest BCUT2D eigenvalue weighted by molar-refractivity contribution is -0.153. The Balaban J connectivity index is 2.00. The summed E-state index contributed by atoms with van der Waals surface area (Å²) in [6.45, 7) is 0. The molecule has 0 spiro atoms. The molecule has 1 saturated carbocycles. The molecule has 0 unspecified atom stereocenters. The molecule has 1 aliphatic rings. The lowest BCUT2D eigenvalue weighted by Gasteiger charge is -2.15. The standard InChI is InChI=1S/C15H22N2O2/c1-16(19)15(18)9-8-13-10-11-17(12-13)14-6-4-2-3-5-7-14/h8-12,14,19H,2-7H2,1H3/b9-8+. The van der Waals surface area contributed by atoms with Crippen molar-refractivity contribution in [3.8, 4) is 0 Å². The fourth-order valence-electron chi connectivity index (χ4n) is 2.59. The fraction of sp³-hybridized carbons (Fsp3) is 0.533. The number of likely N-dealkylation sites (N-methyl/N-ethyl adjacent to an activating group) is 1. The van der Waals surface area contributed by atoms with Crippen molar-refractivity contribution in [2.75, 3.05) is 7.05 Å². The molecule has 1 aliphatic carbocycles. The average Bonchev–Trinajstić information content (AvgIpc) is 2.69. The van der Waals surface area contributed by atoms with Gasteiger partial charge in [0.1, 0.15) is 0 Å². The van der Waals surface area contributed by atoms with Crippen LogP contribution < -0.4 is 0 Å². The number of hydroxylamine groups is 2. The maximum atomic E-state index is 11.3. The molecule has 0 bridgehead atoms. The second-order valence-corrected chi connectivity index (χ2v) is 5.23. The van der Waals surface area contributed by atoms with E-state index in [-0.39, 0.29) is 0 Å². The summed E-state index contributed by atoms with van der Waals surface area (Å²) in [4.78, 5) is 11.3. The number of aromatic nitrogens is 1. The zero-order chi connectivity index (χ0) is 13.7. The van der Waals surface area contributed by atoms with Crippen molar-refractivity contribution in [3.05, 3.63) is 30.1 Å². The minimum Gasteiger partial charge on any atom is -0.351 e. The number of nitrogens with zero attached hydrogens (tertiary/aromatic N) is 2. The molecule has 0 aromatic carbocycles. The van der Waals surface area contributed by atoms with Gasteiger partial charge in [-0.2, -0.15) is 0 Å². The minimum atomic E-state index is -0.415. The summed E-state index contributed by atoms with van der Waals surface area (Å²) in [5.74, 6) is -0.415. The highest BCUT2D eigenvalue weighted by molar-refractivity contribution is 5.90. The quantitative estimate of drug-likeness (QED) is 0.393. The molecule has 2 rings (SSSR count). The predicted octanol–water partition coefficient (Wildman–Crippen LogP) is 3.24. The summed E-state index contributed by atoms with van der Waals surface area (Å²) in [7, 11) is 1.32. The normalized spacial score (nSPS) is 17.6. The zero-order valence-electron chi connectivity index (χ0n) is 11.5. The van der Waals surface area contributed by atoms with Crippen molar-refractivity contribution in [1.82, 2.24) is 9.63 Å². The van der Waals surface area contributed by atoms with Gasteiger partial charge in [0.05, 0.1) is 0 Å². The molecule has 1 fully saturated rings. The third-order valence-electron chi connectivity index (χ3n) is 3.72. The van der Waals surface area contributed by atoms with E-state index >= 15 is 0 Å². The van der Waals surface area contributed by atoms with E-state index in [9.17, 15) is 4.79 Å². The van der Waals surface area contributed by atoms with E-state index in [1.54, 1.807) is 6.08 Å². The summed E-state index contributed by atoms with van der Waals surface area (Å²) < 4.78 is 2.26. The van der Waals surface area contributed by atoms with Crippen LogP contribution in [0.25, 0.3) is 6.08 Å². The Morgan fingerprint density at radius 2 is 2.05 bits per heavy atom.